The molecule has 1 aliphatic rings. The largest absolute Gasteiger partial charge is 0.504 e. The highest BCUT2D eigenvalue weighted by Crippen LogP contribution is 2.29. The minimum Gasteiger partial charge on any atom is -0.504 e. The Balaban J connectivity index is 2.04. The maximum absolute atomic E-state index is 11.1. The summed E-state index contributed by atoms with van der Waals surface area (Å²) in [5.74, 6) is 0.677. The third-order valence-corrected chi connectivity index (χ3v) is 3.17. The maximum Gasteiger partial charge on any atom is 0.221 e. The van der Waals surface area contributed by atoms with Gasteiger partial charge in [-0.25, -0.2) is 0 Å². The number of rotatable bonds is 4. The molecule has 5 nitrogen and oxygen atoms in total. The normalized spacial score (nSPS) is 20.6. The van der Waals surface area contributed by atoms with E-state index in [0.29, 0.717) is 18.7 Å². The maximum atomic E-state index is 11.1. The monoisotopic (exact) mass is 250 g/mol. The number of methoxy groups -OCH3 is 1. The van der Waals surface area contributed by atoms with Gasteiger partial charge in [-0.15, -0.1) is 0 Å². The van der Waals surface area contributed by atoms with E-state index in [2.05, 4.69) is 10.6 Å². The zero-order chi connectivity index (χ0) is 13.1. The van der Waals surface area contributed by atoms with Crippen LogP contribution in [-0.2, 0) is 4.79 Å². The SMILES string of the molecule is COc1cc(C(C)NC2CNC(=O)C2)ccc1O. The quantitative estimate of drug-likeness (QED) is 0.743. The number of phenols is 1. The summed E-state index contributed by atoms with van der Waals surface area (Å²) < 4.78 is 5.08. The summed E-state index contributed by atoms with van der Waals surface area (Å²) in [6.45, 7) is 2.69. The van der Waals surface area contributed by atoms with Gasteiger partial charge in [0.1, 0.15) is 0 Å². The van der Waals surface area contributed by atoms with Crippen LogP contribution < -0.4 is 15.4 Å². The summed E-state index contributed by atoms with van der Waals surface area (Å²) in [7, 11) is 1.52. The van der Waals surface area contributed by atoms with Gasteiger partial charge in [0.2, 0.25) is 5.91 Å². The Bertz CT molecular complexity index is 448. The second kappa shape index (κ2) is 5.27. The molecule has 18 heavy (non-hydrogen) atoms. The van der Waals surface area contributed by atoms with E-state index in [1.165, 1.54) is 7.11 Å². The number of carbonyl (C=O) groups is 1. The Morgan fingerprint density at radius 3 is 2.94 bits per heavy atom. The number of aromatic hydroxyl groups is 1. The minimum atomic E-state index is 0.0861. The van der Waals surface area contributed by atoms with Crippen LogP contribution in [0.4, 0.5) is 0 Å². The highest BCUT2D eigenvalue weighted by atomic mass is 16.5. The molecule has 1 aliphatic heterocycles. The molecule has 0 radical (unpaired) electrons. The van der Waals surface area contributed by atoms with Crippen molar-refractivity contribution in [1.82, 2.24) is 10.6 Å². The van der Waals surface area contributed by atoms with E-state index < -0.39 is 0 Å². The number of hydrogen-bond donors (Lipinski definition) is 3. The second-order valence-electron chi connectivity index (χ2n) is 4.52. The molecule has 1 heterocycles. The van der Waals surface area contributed by atoms with Gasteiger partial charge < -0.3 is 20.5 Å². The molecule has 0 bridgehead atoms. The first-order chi connectivity index (χ1) is 8.60. The summed E-state index contributed by atoms with van der Waals surface area (Å²) in [6.07, 6.45) is 0.513. The molecule has 0 saturated carbocycles. The molecule has 2 unspecified atom stereocenters. The van der Waals surface area contributed by atoms with Gasteiger partial charge in [-0.1, -0.05) is 6.07 Å². The lowest BCUT2D eigenvalue weighted by molar-refractivity contribution is -0.119. The molecule has 2 rings (SSSR count). The lowest BCUT2D eigenvalue weighted by atomic mass is 10.1. The summed E-state index contributed by atoms with van der Waals surface area (Å²) in [6, 6.07) is 5.52. The lowest BCUT2D eigenvalue weighted by Gasteiger charge is -2.19. The van der Waals surface area contributed by atoms with Crippen molar-refractivity contribution in [2.75, 3.05) is 13.7 Å². The Hall–Kier alpha value is -1.75. The van der Waals surface area contributed by atoms with E-state index >= 15 is 0 Å². The molecule has 0 aliphatic carbocycles. The number of hydrogen-bond acceptors (Lipinski definition) is 4. The zero-order valence-corrected chi connectivity index (χ0v) is 10.6. The molecule has 5 heteroatoms. The average Bonchev–Trinajstić information content (AvgIpc) is 2.75. The van der Waals surface area contributed by atoms with Gasteiger partial charge in [-0.2, -0.15) is 0 Å². The topological polar surface area (TPSA) is 70.6 Å². The molecule has 1 aromatic rings. The van der Waals surface area contributed by atoms with E-state index in [0.717, 1.165) is 5.56 Å². The van der Waals surface area contributed by atoms with Crippen molar-refractivity contribution in [3.8, 4) is 11.5 Å². The Morgan fingerprint density at radius 2 is 2.33 bits per heavy atom. The number of ether oxygens (including phenoxy) is 1. The van der Waals surface area contributed by atoms with Gasteiger partial charge >= 0.3 is 0 Å². The molecule has 1 aromatic carbocycles. The Labute approximate surface area is 106 Å². The van der Waals surface area contributed by atoms with Crippen molar-refractivity contribution >= 4 is 5.91 Å². The molecule has 0 spiro atoms. The van der Waals surface area contributed by atoms with E-state index in [1.54, 1.807) is 12.1 Å². The van der Waals surface area contributed by atoms with Gasteiger partial charge in [-0.05, 0) is 24.6 Å². The molecule has 1 fully saturated rings. The molecule has 0 aromatic heterocycles. The van der Waals surface area contributed by atoms with Crippen LogP contribution >= 0.6 is 0 Å². The van der Waals surface area contributed by atoms with Gasteiger partial charge in [0.25, 0.3) is 0 Å². The predicted molar refractivity (Wildman–Crippen MR) is 67.6 cm³/mol. The molecular formula is C13H18N2O3. The minimum absolute atomic E-state index is 0.0861. The molecule has 1 saturated heterocycles. The smallest absolute Gasteiger partial charge is 0.221 e. The van der Waals surface area contributed by atoms with Crippen LogP contribution in [0.2, 0.25) is 0 Å². The third-order valence-electron chi connectivity index (χ3n) is 3.17. The van der Waals surface area contributed by atoms with Crippen LogP contribution in [0.1, 0.15) is 24.9 Å². The van der Waals surface area contributed by atoms with Crippen LogP contribution in [0, 0.1) is 0 Å². The van der Waals surface area contributed by atoms with Crippen molar-refractivity contribution in [3.63, 3.8) is 0 Å². The van der Waals surface area contributed by atoms with Crippen LogP contribution in [0.15, 0.2) is 18.2 Å². The van der Waals surface area contributed by atoms with Crippen molar-refractivity contribution in [3.05, 3.63) is 23.8 Å². The number of nitrogens with one attached hydrogen (secondary N) is 2. The van der Waals surface area contributed by atoms with E-state index in [4.69, 9.17) is 4.74 Å². The highest BCUT2D eigenvalue weighted by molar-refractivity contribution is 5.78. The first kappa shape index (κ1) is 12.7. The van der Waals surface area contributed by atoms with Crippen LogP contribution in [-0.4, -0.2) is 30.7 Å². The molecular weight excluding hydrogens is 232 g/mol. The van der Waals surface area contributed by atoms with Crippen molar-refractivity contribution < 1.29 is 14.6 Å². The van der Waals surface area contributed by atoms with Gasteiger partial charge in [-0.3, -0.25) is 4.79 Å². The van der Waals surface area contributed by atoms with Gasteiger partial charge in [0.15, 0.2) is 11.5 Å². The standard InChI is InChI=1S/C13H18N2O3/c1-8(15-10-6-13(17)14-7-10)9-3-4-11(16)12(5-9)18-2/h3-5,8,10,15-16H,6-7H2,1-2H3,(H,14,17). The van der Waals surface area contributed by atoms with Crippen molar-refractivity contribution in [2.24, 2.45) is 0 Å². The van der Waals surface area contributed by atoms with Crippen LogP contribution in [0.25, 0.3) is 0 Å². The summed E-state index contributed by atoms with van der Waals surface area (Å²) in [4.78, 5) is 11.1. The lowest BCUT2D eigenvalue weighted by Crippen LogP contribution is -2.33. The molecule has 98 valence electrons. The summed E-state index contributed by atoms with van der Waals surface area (Å²) >= 11 is 0. The van der Waals surface area contributed by atoms with E-state index in [1.807, 2.05) is 13.0 Å². The molecule has 2 atom stereocenters. The molecule has 1 amide bonds. The first-order valence-electron chi connectivity index (χ1n) is 6.00. The number of benzene rings is 1. The van der Waals surface area contributed by atoms with Gasteiger partial charge in [0, 0.05) is 25.0 Å². The third kappa shape index (κ3) is 2.73. The number of amides is 1. The predicted octanol–water partition coefficient (Wildman–Crippen LogP) is 0.940. The fraction of sp³-hybridized carbons (Fsp3) is 0.462. The van der Waals surface area contributed by atoms with Crippen LogP contribution in [0.3, 0.4) is 0 Å². The molecule has 3 N–H and O–H groups in total. The fourth-order valence-corrected chi connectivity index (χ4v) is 2.14. The van der Waals surface area contributed by atoms with Crippen molar-refractivity contribution in [1.29, 1.82) is 0 Å². The second-order valence-corrected chi connectivity index (χ2v) is 4.52. The van der Waals surface area contributed by atoms with E-state index in [9.17, 15) is 9.90 Å². The van der Waals surface area contributed by atoms with Crippen LogP contribution in [0.5, 0.6) is 11.5 Å². The Morgan fingerprint density at radius 1 is 1.56 bits per heavy atom. The van der Waals surface area contributed by atoms with E-state index in [-0.39, 0.29) is 23.7 Å². The first-order valence-corrected chi connectivity index (χ1v) is 6.00. The van der Waals surface area contributed by atoms with Gasteiger partial charge in [0.05, 0.1) is 7.11 Å². The van der Waals surface area contributed by atoms with Crippen molar-refractivity contribution in [2.45, 2.75) is 25.4 Å². The highest BCUT2D eigenvalue weighted by Gasteiger charge is 2.23. The average molecular weight is 250 g/mol. The fourth-order valence-electron chi connectivity index (χ4n) is 2.14. The Kier molecular flexibility index (Phi) is 3.72. The number of carbonyl (C=O) groups excluding carboxylic acids is 1. The summed E-state index contributed by atoms with van der Waals surface area (Å²) in [5, 5.41) is 15.7. The number of phenolic OH excluding ortho intramolecular Hbond substituents is 1. The summed E-state index contributed by atoms with van der Waals surface area (Å²) in [5.41, 5.74) is 1.02. The zero-order valence-electron chi connectivity index (χ0n) is 10.6.